The Morgan fingerprint density at radius 3 is 2.32 bits per heavy atom. The first kappa shape index (κ1) is 26.6. The molecule has 1 unspecified atom stereocenters. The predicted molar refractivity (Wildman–Crippen MR) is 149 cm³/mol. The first-order chi connectivity index (χ1) is 17.8. The van der Waals surface area contributed by atoms with Crippen LogP contribution in [0.4, 0.5) is 26.2 Å². The van der Waals surface area contributed by atoms with Crippen LogP contribution in [0.25, 0.3) is 0 Å². The minimum atomic E-state index is -0.333. The lowest BCUT2D eigenvalue weighted by molar-refractivity contribution is 0.182. The third kappa shape index (κ3) is 6.84. The lowest BCUT2D eigenvalue weighted by Gasteiger charge is -2.40. The third-order valence-corrected chi connectivity index (χ3v) is 6.84. The molecule has 1 aliphatic heterocycles. The van der Waals surface area contributed by atoms with Gasteiger partial charge in [0.1, 0.15) is 11.6 Å². The highest BCUT2D eigenvalue weighted by atomic mass is 35.5. The first-order valence-electron chi connectivity index (χ1n) is 12.2. The van der Waals surface area contributed by atoms with Crippen LogP contribution in [0.2, 0.25) is 5.02 Å². The van der Waals surface area contributed by atoms with Crippen molar-refractivity contribution >= 4 is 34.7 Å². The molecule has 2 N–H and O–H groups in total. The number of anilines is 3. The first-order valence-corrected chi connectivity index (χ1v) is 12.6. The second-order valence-corrected chi connectivity index (χ2v) is 9.62. The fourth-order valence-electron chi connectivity index (χ4n) is 4.53. The highest BCUT2D eigenvalue weighted by Crippen LogP contribution is 2.28. The molecule has 4 rings (SSSR count). The molecule has 1 atom stereocenters. The summed E-state index contributed by atoms with van der Waals surface area (Å²) in [6, 6.07) is 19.8. The van der Waals surface area contributed by atoms with Gasteiger partial charge in [-0.25, -0.2) is 9.18 Å². The van der Waals surface area contributed by atoms with Gasteiger partial charge in [-0.1, -0.05) is 23.7 Å². The number of ether oxygens (including phenoxy) is 1. The number of methoxy groups -OCH3 is 1. The number of nitrogens with one attached hydrogen (secondary N) is 2. The van der Waals surface area contributed by atoms with E-state index in [2.05, 4.69) is 49.6 Å². The number of urea groups is 1. The average molecular weight is 526 g/mol. The molecule has 0 spiro atoms. The number of hydrogen-bond donors (Lipinski definition) is 2. The van der Waals surface area contributed by atoms with Gasteiger partial charge in [0.05, 0.1) is 18.8 Å². The van der Waals surface area contributed by atoms with Crippen molar-refractivity contribution < 1.29 is 13.9 Å². The second kappa shape index (κ2) is 12.2. The Morgan fingerprint density at radius 2 is 1.70 bits per heavy atom. The molecule has 196 valence electrons. The number of carbonyl (C=O) groups excluding carboxylic acids is 1. The summed E-state index contributed by atoms with van der Waals surface area (Å²) in [6.07, 6.45) is 0. The number of hydrogen-bond acceptors (Lipinski definition) is 5. The molecule has 1 aliphatic rings. The highest BCUT2D eigenvalue weighted by molar-refractivity contribution is 6.31. The van der Waals surface area contributed by atoms with Gasteiger partial charge in [0.2, 0.25) is 0 Å². The van der Waals surface area contributed by atoms with E-state index in [0.717, 1.165) is 43.1 Å². The summed E-state index contributed by atoms with van der Waals surface area (Å²) in [5.74, 6) is 0.302. The third-order valence-electron chi connectivity index (χ3n) is 6.61. The molecule has 7 nitrogen and oxygen atoms in total. The summed E-state index contributed by atoms with van der Waals surface area (Å²) in [7, 11) is 5.57. The second-order valence-electron chi connectivity index (χ2n) is 9.18. The number of nitrogens with zero attached hydrogens (tertiary/aromatic N) is 3. The molecular weight excluding hydrogens is 493 g/mol. The topological polar surface area (TPSA) is 60.1 Å². The minimum absolute atomic E-state index is 0.0152. The Morgan fingerprint density at radius 1 is 1.03 bits per heavy atom. The summed E-state index contributed by atoms with van der Waals surface area (Å²) in [6.45, 7) is 3.66. The van der Waals surface area contributed by atoms with Gasteiger partial charge in [-0.3, -0.25) is 4.90 Å². The van der Waals surface area contributed by atoms with Gasteiger partial charge in [0.25, 0.3) is 0 Å². The molecule has 1 saturated heterocycles. The van der Waals surface area contributed by atoms with Crippen LogP contribution in [-0.2, 0) is 0 Å². The maximum Gasteiger partial charge on any atom is 0.319 e. The van der Waals surface area contributed by atoms with Gasteiger partial charge in [-0.15, -0.1) is 0 Å². The minimum Gasteiger partial charge on any atom is -0.495 e. The molecule has 0 bridgehead atoms. The van der Waals surface area contributed by atoms with Gasteiger partial charge in [0, 0.05) is 63.2 Å². The van der Waals surface area contributed by atoms with E-state index in [1.807, 2.05) is 26.2 Å². The number of piperazine rings is 1. The number of rotatable bonds is 8. The Labute approximate surface area is 222 Å². The van der Waals surface area contributed by atoms with Gasteiger partial charge < -0.3 is 25.2 Å². The molecule has 0 aliphatic carbocycles. The number of halogens is 2. The molecule has 2 amide bonds. The molecule has 3 aromatic carbocycles. The van der Waals surface area contributed by atoms with E-state index in [-0.39, 0.29) is 17.9 Å². The van der Waals surface area contributed by atoms with Crippen LogP contribution in [-0.4, -0.2) is 64.9 Å². The zero-order chi connectivity index (χ0) is 26.4. The summed E-state index contributed by atoms with van der Waals surface area (Å²) >= 11 is 6.11. The normalized spacial score (nSPS) is 14.7. The van der Waals surface area contributed by atoms with Crippen molar-refractivity contribution in [3.63, 3.8) is 0 Å². The molecular formula is C28H33ClFN5O2. The lowest BCUT2D eigenvalue weighted by atomic mass is 10.0. The van der Waals surface area contributed by atoms with Crippen molar-refractivity contribution in [3.8, 4) is 5.75 Å². The predicted octanol–water partition coefficient (Wildman–Crippen LogP) is 5.24. The summed E-state index contributed by atoms with van der Waals surface area (Å²) in [5, 5.41) is 6.38. The smallest absolute Gasteiger partial charge is 0.319 e. The lowest BCUT2D eigenvalue weighted by Crippen LogP contribution is -2.50. The van der Waals surface area contributed by atoms with Crippen LogP contribution in [0.15, 0.2) is 66.7 Å². The summed E-state index contributed by atoms with van der Waals surface area (Å²) in [4.78, 5) is 19.5. The van der Waals surface area contributed by atoms with Gasteiger partial charge in [-0.05, 0) is 60.2 Å². The fraction of sp³-hybridized carbons (Fsp3) is 0.321. The summed E-state index contributed by atoms with van der Waals surface area (Å²) < 4.78 is 18.7. The van der Waals surface area contributed by atoms with Crippen LogP contribution in [0, 0.1) is 5.82 Å². The van der Waals surface area contributed by atoms with E-state index in [0.29, 0.717) is 23.0 Å². The highest BCUT2D eigenvalue weighted by Gasteiger charge is 2.26. The van der Waals surface area contributed by atoms with Crippen molar-refractivity contribution in [1.29, 1.82) is 0 Å². The van der Waals surface area contributed by atoms with Crippen LogP contribution in [0.3, 0.4) is 0 Å². The maximum atomic E-state index is 13.4. The number of amides is 2. The zero-order valence-corrected chi connectivity index (χ0v) is 22.1. The van der Waals surface area contributed by atoms with Crippen molar-refractivity contribution in [1.82, 2.24) is 10.2 Å². The Balaban J connectivity index is 1.46. The van der Waals surface area contributed by atoms with Crippen molar-refractivity contribution in [3.05, 3.63) is 83.1 Å². The molecule has 1 fully saturated rings. The van der Waals surface area contributed by atoms with Crippen LogP contribution >= 0.6 is 11.6 Å². The Hall–Kier alpha value is -3.49. The van der Waals surface area contributed by atoms with Gasteiger partial charge in [-0.2, -0.15) is 0 Å². The quantitative estimate of drug-likeness (QED) is 0.421. The molecule has 0 aromatic heterocycles. The maximum absolute atomic E-state index is 13.4. The van der Waals surface area contributed by atoms with E-state index >= 15 is 0 Å². The monoisotopic (exact) mass is 525 g/mol. The molecule has 0 saturated carbocycles. The molecule has 1 heterocycles. The molecule has 3 aromatic rings. The number of benzene rings is 3. The fourth-order valence-corrected chi connectivity index (χ4v) is 4.70. The van der Waals surface area contributed by atoms with Crippen LogP contribution in [0.5, 0.6) is 5.75 Å². The van der Waals surface area contributed by atoms with E-state index < -0.39 is 0 Å². The van der Waals surface area contributed by atoms with E-state index in [9.17, 15) is 9.18 Å². The van der Waals surface area contributed by atoms with Gasteiger partial charge in [0.15, 0.2) is 0 Å². The van der Waals surface area contributed by atoms with Gasteiger partial charge >= 0.3 is 6.03 Å². The van der Waals surface area contributed by atoms with E-state index in [1.165, 1.54) is 12.1 Å². The zero-order valence-electron chi connectivity index (χ0n) is 21.4. The average Bonchev–Trinajstić information content (AvgIpc) is 2.90. The Kier molecular flexibility index (Phi) is 8.74. The summed E-state index contributed by atoms with van der Waals surface area (Å²) in [5.41, 5.74) is 3.76. The van der Waals surface area contributed by atoms with Crippen LogP contribution in [0.1, 0.15) is 11.6 Å². The van der Waals surface area contributed by atoms with Crippen LogP contribution < -0.4 is 25.2 Å². The molecule has 0 radical (unpaired) electrons. The SMILES string of the molecule is COc1ccc(Cl)cc1NC(=O)NCC(c1ccc(N(C)C)cc1)N1CCN(c2ccc(F)cc2)CC1. The molecule has 37 heavy (non-hydrogen) atoms. The largest absolute Gasteiger partial charge is 0.495 e. The number of carbonyl (C=O) groups is 1. The molecule has 9 heteroatoms. The Bertz CT molecular complexity index is 1180. The van der Waals surface area contributed by atoms with Crippen molar-refractivity contribution in [2.45, 2.75) is 6.04 Å². The van der Waals surface area contributed by atoms with Crippen molar-refractivity contribution in [2.24, 2.45) is 0 Å². The van der Waals surface area contributed by atoms with E-state index in [4.69, 9.17) is 16.3 Å². The standard InChI is InChI=1S/C28H33ClFN5O2/c1-33(2)23-9-4-20(5-10-23)26(19-31-28(36)32-25-18-21(29)6-13-27(25)37-3)35-16-14-34(15-17-35)24-11-7-22(30)8-12-24/h4-13,18,26H,14-17,19H2,1-3H3,(H2,31,32,36). The van der Waals surface area contributed by atoms with Crippen molar-refractivity contribution in [2.75, 3.05) is 69.0 Å². The van der Waals surface area contributed by atoms with E-state index in [1.54, 1.807) is 25.3 Å².